The Balaban J connectivity index is 1.88. The molecule has 0 saturated carbocycles. The molecule has 1 aliphatic rings. The second-order valence-corrected chi connectivity index (χ2v) is 6.44. The Labute approximate surface area is 136 Å². The van der Waals surface area contributed by atoms with E-state index in [-0.39, 0.29) is 18.1 Å². The molecule has 124 valence electrons. The van der Waals surface area contributed by atoms with Crippen molar-refractivity contribution in [3.05, 3.63) is 23.5 Å². The molecule has 2 aromatic rings. The lowest BCUT2D eigenvalue weighted by atomic mass is 10.1. The van der Waals surface area contributed by atoms with Gasteiger partial charge in [0.15, 0.2) is 5.65 Å². The van der Waals surface area contributed by atoms with Crippen LogP contribution in [0.15, 0.2) is 12.3 Å². The average Bonchev–Trinajstić information content (AvgIpc) is 2.96. The number of carbonyl (C=O) groups excluding carboxylic acids is 1. The number of hydrogen-bond acceptors (Lipinski definition) is 4. The molecule has 1 saturated heterocycles. The summed E-state index contributed by atoms with van der Waals surface area (Å²) in [7, 11) is 1.73. The number of aryl methyl sites for hydroxylation is 1. The Morgan fingerprint density at radius 1 is 1.35 bits per heavy atom. The van der Waals surface area contributed by atoms with Crippen LogP contribution in [0.1, 0.15) is 48.8 Å². The molecule has 1 fully saturated rings. The van der Waals surface area contributed by atoms with Gasteiger partial charge in [-0.3, -0.25) is 4.79 Å². The van der Waals surface area contributed by atoms with Crippen molar-refractivity contribution in [1.29, 1.82) is 0 Å². The number of carbonyl (C=O) groups is 1. The second-order valence-electron chi connectivity index (χ2n) is 6.44. The van der Waals surface area contributed by atoms with E-state index in [9.17, 15) is 4.79 Å². The van der Waals surface area contributed by atoms with Crippen molar-refractivity contribution in [3.63, 3.8) is 0 Å². The number of fused-ring (bicyclic) bond motifs is 1. The maximum Gasteiger partial charge on any atom is 0.255 e. The van der Waals surface area contributed by atoms with Crippen LogP contribution in [0.4, 0.5) is 0 Å². The number of rotatable bonds is 3. The fourth-order valence-corrected chi connectivity index (χ4v) is 3.13. The van der Waals surface area contributed by atoms with Gasteiger partial charge < -0.3 is 9.64 Å². The van der Waals surface area contributed by atoms with Gasteiger partial charge in [-0.25, -0.2) is 9.67 Å². The number of methoxy groups -OCH3 is 1. The van der Waals surface area contributed by atoms with Gasteiger partial charge in [-0.15, -0.1) is 0 Å². The standard InChI is InChI=1S/C17H24N4O2/c1-11(2)21-16-13(10-18-21)9-15(12(3)19-16)17(22)20-7-5-14(23-4)6-8-20/h9-11,14H,5-8H2,1-4H3. The van der Waals surface area contributed by atoms with Crippen LogP contribution in [0.25, 0.3) is 11.0 Å². The predicted octanol–water partition coefficient (Wildman–Crippen LogP) is 2.57. The first-order valence-electron chi connectivity index (χ1n) is 8.18. The molecule has 6 nitrogen and oxygen atoms in total. The summed E-state index contributed by atoms with van der Waals surface area (Å²) in [6.45, 7) is 7.51. The molecule has 0 atom stereocenters. The van der Waals surface area contributed by atoms with E-state index >= 15 is 0 Å². The van der Waals surface area contributed by atoms with Gasteiger partial charge in [0.2, 0.25) is 0 Å². The Kier molecular flexibility index (Phi) is 4.35. The van der Waals surface area contributed by atoms with E-state index in [1.54, 1.807) is 13.3 Å². The third kappa shape index (κ3) is 2.95. The average molecular weight is 316 g/mol. The van der Waals surface area contributed by atoms with Gasteiger partial charge in [0.1, 0.15) is 0 Å². The number of hydrogen-bond donors (Lipinski definition) is 0. The van der Waals surface area contributed by atoms with E-state index < -0.39 is 0 Å². The molecular formula is C17H24N4O2. The van der Waals surface area contributed by atoms with Crippen LogP contribution in [-0.2, 0) is 4.74 Å². The van der Waals surface area contributed by atoms with Crippen LogP contribution >= 0.6 is 0 Å². The number of nitrogens with zero attached hydrogens (tertiary/aromatic N) is 4. The monoisotopic (exact) mass is 316 g/mol. The molecule has 1 amide bonds. The molecular weight excluding hydrogens is 292 g/mol. The fraction of sp³-hybridized carbons (Fsp3) is 0.588. The summed E-state index contributed by atoms with van der Waals surface area (Å²) >= 11 is 0. The van der Waals surface area contributed by atoms with E-state index in [2.05, 4.69) is 23.9 Å². The van der Waals surface area contributed by atoms with Crippen molar-refractivity contribution in [2.75, 3.05) is 20.2 Å². The molecule has 3 heterocycles. The van der Waals surface area contributed by atoms with Crippen molar-refractivity contribution < 1.29 is 9.53 Å². The molecule has 6 heteroatoms. The predicted molar refractivity (Wildman–Crippen MR) is 88.6 cm³/mol. The maximum atomic E-state index is 12.8. The fourth-order valence-electron chi connectivity index (χ4n) is 3.13. The van der Waals surface area contributed by atoms with Crippen LogP contribution in [0.3, 0.4) is 0 Å². The highest BCUT2D eigenvalue weighted by molar-refractivity contribution is 5.98. The molecule has 0 bridgehead atoms. The molecule has 3 rings (SSSR count). The van der Waals surface area contributed by atoms with Crippen LogP contribution in [-0.4, -0.2) is 51.9 Å². The summed E-state index contributed by atoms with van der Waals surface area (Å²) in [6.07, 6.45) is 3.84. The van der Waals surface area contributed by atoms with E-state index in [0.29, 0.717) is 5.56 Å². The first kappa shape index (κ1) is 15.9. The first-order chi connectivity index (χ1) is 11.0. The van der Waals surface area contributed by atoms with Gasteiger partial charge in [-0.05, 0) is 39.7 Å². The quantitative estimate of drug-likeness (QED) is 0.873. The third-order valence-corrected chi connectivity index (χ3v) is 4.54. The third-order valence-electron chi connectivity index (χ3n) is 4.54. The molecule has 0 aliphatic carbocycles. The molecule has 0 spiro atoms. The zero-order valence-electron chi connectivity index (χ0n) is 14.2. The molecule has 0 N–H and O–H groups in total. The minimum Gasteiger partial charge on any atom is -0.381 e. The largest absolute Gasteiger partial charge is 0.381 e. The Morgan fingerprint density at radius 3 is 2.65 bits per heavy atom. The summed E-state index contributed by atoms with van der Waals surface area (Å²) in [5.74, 6) is 0.0590. The molecule has 0 radical (unpaired) electrons. The lowest BCUT2D eigenvalue weighted by Gasteiger charge is -2.31. The first-order valence-corrected chi connectivity index (χ1v) is 8.18. The van der Waals surface area contributed by atoms with E-state index in [1.807, 2.05) is 22.6 Å². The number of piperidine rings is 1. The molecule has 0 aromatic carbocycles. The summed E-state index contributed by atoms with van der Waals surface area (Å²) in [5.41, 5.74) is 2.28. The van der Waals surface area contributed by atoms with E-state index in [1.165, 1.54) is 0 Å². The Hall–Kier alpha value is -1.95. The molecule has 23 heavy (non-hydrogen) atoms. The SMILES string of the molecule is COC1CCN(C(=O)c2cc3cnn(C(C)C)c3nc2C)CC1. The van der Waals surface area contributed by atoms with Crippen LogP contribution in [0, 0.1) is 6.92 Å². The normalized spacial score (nSPS) is 16.5. The molecule has 2 aromatic heterocycles. The van der Waals surface area contributed by atoms with Crippen LogP contribution in [0.5, 0.6) is 0 Å². The van der Waals surface area contributed by atoms with Gasteiger partial charge in [0.05, 0.1) is 23.6 Å². The minimum atomic E-state index is 0.0590. The van der Waals surface area contributed by atoms with Crippen molar-refractivity contribution in [3.8, 4) is 0 Å². The minimum absolute atomic E-state index is 0.0590. The molecule has 1 aliphatic heterocycles. The van der Waals surface area contributed by atoms with E-state index in [0.717, 1.165) is 42.7 Å². The number of ether oxygens (including phenoxy) is 1. The highest BCUT2D eigenvalue weighted by Gasteiger charge is 2.25. The number of aromatic nitrogens is 3. The highest BCUT2D eigenvalue weighted by atomic mass is 16.5. The highest BCUT2D eigenvalue weighted by Crippen LogP contribution is 2.22. The van der Waals surface area contributed by atoms with Crippen molar-refractivity contribution in [2.45, 2.75) is 45.8 Å². The summed E-state index contributed by atoms with van der Waals surface area (Å²) < 4.78 is 7.26. The van der Waals surface area contributed by atoms with Crippen molar-refractivity contribution in [1.82, 2.24) is 19.7 Å². The lowest BCUT2D eigenvalue weighted by molar-refractivity contribution is 0.0350. The summed E-state index contributed by atoms with van der Waals surface area (Å²) in [4.78, 5) is 19.4. The summed E-state index contributed by atoms with van der Waals surface area (Å²) in [5, 5.41) is 5.30. The number of amides is 1. The topological polar surface area (TPSA) is 60.2 Å². The van der Waals surface area contributed by atoms with Crippen molar-refractivity contribution >= 4 is 16.9 Å². The maximum absolute atomic E-state index is 12.8. The van der Waals surface area contributed by atoms with Gasteiger partial charge >= 0.3 is 0 Å². The molecule has 0 unspecified atom stereocenters. The Morgan fingerprint density at radius 2 is 2.04 bits per heavy atom. The zero-order valence-corrected chi connectivity index (χ0v) is 14.2. The summed E-state index contributed by atoms with van der Waals surface area (Å²) in [6, 6.07) is 2.17. The second kappa shape index (κ2) is 6.28. The van der Waals surface area contributed by atoms with Crippen molar-refractivity contribution in [2.24, 2.45) is 0 Å². The lowest BCUT2D eigenvalue weighted by Crippen LogP contribution is -2.40. The van der Waals surface area contributed by atoms with Gasteiger partial charge in [-0.1, -0.05) is 0 Å². The Bertz CT molecular complexity index is 715. The van der Waals surface area contributed by atoms with Gasteiger partial charge in [0.25, 0.3) is 5.91 Å². The van der Waals surface area contributed by atoms with Crippen LogP contribution < -0.4 is 0 Å². The van der Waals surface area contributed by atoms with Crippen LogP contribution in [0.2, 0.25) is 0 Å². The van der Waals surface area contributed by atoms with Gasteiger partial charge in [-0.2, -0.15) is 5.10 Å². The number of likely N-dealkylation sites (tertiary alicyclic amines) is 1. The smallest absolute Gasteiger partial charge is 0.255 e. The zero-order chi connectivity index (χ0) is 16.6. The number of pyridine rings is 1. The van der Waals surface area contributed by atoms with E-state index in [4.69, 9.17) is 4.74 Å². The van der Waals surface area contributed by atoms with Gasteiger partial charge in [0, 0.05) is 31.6 Å².